The van der Waals surface area contributed by atoms with Crippen LogP contribution in [0.2, 0.25) is 0 Å². The second-order valence-electron chi connectivity index (χ2n) is 5.42. The van der Waals surface area contributed by atoms with Crippen LogP contribution in [0.4, 0.5) is 5.82 Å². The summed E-state index contributed by atoms with van der Waals surface area (Å²) >= 11 is 0. The SMILES string of the molecule is CCc1nc(N2CCC(C)(CNC)C2)cc(=O)[nH]1. The second kappa shape index (κ2) is 5.10. The van der Waals surface area contributed by atoms with Crippen molar-refractivity contribution in [2.75, 3.05) is 31.6 Å². The van der Waals surface area contributed by atoms with Crippen molar-refractivity contribution in [2.45, 2.75) is 26.7 Å². The maximum absolute atomic E-state index is 11.6. The first-order chi connectivity index (χ1) is 8.56. The Morgan fingerprint density at radius 2 is 2.39 bits per heavy atom. The van der Waals surface area contributed by atoms with Gasteiger partial charge in [-0.1, -0.05) is 13.8 Å². The zero-order chi connectivity index (χ0) is 13.2. The molecule has 1 unspecified atom stereocenters. The Bertz CT molecular complexity index is 470. The average Bonchev–Trinajstić information content (AvgIpc) is 2.71. The van der Waals surface area contributed by atoms with Crippen molar-refractivity contribution in [3.63, 3.8) is 0 Å². The predicted molar refractivity (Wildman–Crippen MR) is 73.1 cm³/mol. The second-order valence-corrected chi connectivity index (χ2v) is 5.42. The first-order valence-corrected chi connectivity index (χ1v) is 6.56. The van der Waals surface area contributed by atoms with Gasteiger partial charge in [0, 0.05) is 32.1 Å². The van der Waals surface area contributed by atoms with Crippen LogP contribution in [0.15, 0.2) is 10.9 Å². The maximum Gasteiger partial charge on any atom is 0.252 e. The summed E-state index contributed by atoms with van der Waals surface area (Å²) in [4.78, 5) is 21.1. The van der Waals surface area contributed by atoms with E-state index in [2.05, 4.69) is 27.1 Å². The molecule has 1 atom stereocenters. The Hall–Kier alpha value is -1.36. The van der Waals surface area contributed by atoms with Crippen LogP contribution in [0.5, 0.6) is 0 Å². The first-order valence-electron chi connectivity index (χ1n) is 6.56. The molecule has 5 nitrogen and oxygen atoms in total. The van der Waals surface area contributed by atoms with Crippen LogP contribution >= 0.6 is 0 Å². The summed E-state index contributed by atoms with van der Waals surface area (Å²) in [5.74, 6) is 1.58. The van der Waals surface area contributed by atoms with Gasteiger partial charge in [-0.05, 0) is 18.9 Å². The van der Waals surface area contributed by atoms with Crippen molar-refractivity contribution in [1.29, 1.82) is 0 Å². The van der Waals surface area contributed by atoms with Gasteiger partial charge in [0.05, 0.1) is 0 Å². The number of nitrogens with zero attached hydrogens (tertiary/aromatic N) is 2. The molecule has 0 bridgehead atoms. The summed E-state index contributed by atoms with van der Waals surface area (Å²) in [7, 11) is 1.98. The number of nitrogens with one attached hydrogen (secondary N) is 2. The summed E-state index contributed by atoms with van der Waals surface area (Å²) < 4.78 is 0. The zero-order valence-electron chi connectivity index (χ0n) is 11.4. The van der Waals surface area contributed by atoms with Crippen molar-refractivity contribution in [2.24, 2.45) is 5.41 Å². The standard InChI is InChI=1S/C13H22N4O/c1-4-10-15-11(7-12(18)16-10)17-6-5-13(2,9-17)8-14-3/h7,14H,4-6,8-9H2,1-3H3,(H,15,16,18). The van der Waals surface area contributed by atoms with Crippen molar-refractivity contribution >= 4 is 5.82 Å². The van der Waals surface area contributed by atoms with Crippen molar-refractivity contribution in [3.05, 3.63) is 22.2 Å². The van der Waals surface area contributed by atoms with E-state index in [1.54, 1.807) is 6.07 Å². The molecule has 18 heavy (non-hydrogen) atoms. The summed E-state index contributed by atoms with van der Waals surface area (Å²) in [5.41, 5.74) is 0.213. The third-order valence-corrected chi connectivity index (χ3v) is 3.60. The number of aryl methyl sites for hydroxylation is 1. The molecule has 2 heterocycles. The molecule has 1 aliphatic heterocycles. The monoisotopic (exact) mass is 250 g/mol. The van der Waals surface area contributed by atoms with Crippen LogP contribution in [0, 0.1) is 5.41 Å². The van der Waals surface area contributed by atoms with Crippen LogP contribution in [-0.4, -0.2) is 36.6 Å². The van der Waals surface area contributed by atoms with Gasteiger partial charge in [-0.25, -0.2) is 4.98 Å². The van der Waals surface area contributed by atoms with Gasteiger partial charge < -0.3 is 15.2 Å². The Morgan fingerprint density at radius 3 is 3.06 bits per heavy atom. The topological polar surface area (TPSA) is 61.0 Å². The summed E-state index contributed by atoms with van der Waals surface area (Å²) in [5, 5.41) is 3.24. The number of aromatic nitrogens is 2. The predicted octanol–water partition coefficient (Wildman–Crippen LogP) is 0.768. The highest BCUT2D eigenvalue weighted by molar-refractivity contribution is 5.39. The number of H-pyrrole nitrogens is 1. The van der Waals surface area contributed by atoms with E-state index in [4.69, 9.17) is 0 Å². The van der Waals surface area contributed by atoms with Crippen LogP contribution in [0.25, 0.3) is 0 Å². The van der Waals surface area contributed by atoms with E-state index in [0.29, 0.717) is 0 Å². The minimum Gasteiger partial charge on any atom is -0.356 e. The van der Waals surface area contributed by atoms with E-state index in [-0.39, 0.29) is 11.0 Å². The highest BCUT2D eigenvalue weighted by Gasteiger charge is 2.33. The molecular formula is C13H22N4O. The van der Waals surface area contributed by atoms with Crippen molar-refractivity contribution in [3.8, 4) is 0 Å². The minimum absolute atomic E-state index is 0.0564. The van der Waals surface area contributed by atoms with Crippen molar-refractivity contribution in [1.82, 2.24) is 15.3 Å². The van der Waals surface area contributed by atoms with Gasteiger partial charge in [0.25, 0.3) is 5.56 Å². The Morgan fingerprint density at radius 1 is 1.61 bits per heavy atom. The van der Waals surface area contributed by atoms with Crippen LogP contribution in [0.3, 0.4) is 0 Å². The molecule has 2 rings (SSSR count). The zero-order valence-corrected chi connectivity index (χ0v) is 11.4. The Kier molecular flexibility index (Phi) is 3.71. The third-order valence-electron chi connectivity index (χ3n) is 3.60. The molecule has 2 N–H and O–H groups in total. The van der Waals surface area contributed by atoms with Gasteiger partial charge in [-0.3, -0.25) is 4.79 Å². The highest BCUT2D eigenvalue weighted by atomic mass is 16.1. The van der Waals surface area contributed by atoms with Gasteiger partial charge in [-0.15, -0.1) is 0 Å². The number of rotatable bonds is 4. The molecule has 1 saturated heterocycles. The molecule has 0 aromatic carbocycles. The molecular weight excluding hydrogens is 228 g/mol. The van der Waals surface area contributed by atoms with E-state index in [1.807, 2.05) is 14.0 Å². The number of hydrogen-bond acceptors (Lipinski definition) is 4. The van der Waals surface area contributed by atoms with Crippen LogP contribution < -0.4 is 15.8 Å². The molecule has 1 fully saturated rings. The third kappa shape index (κ3) is 2.72. The lowest BCUT2D eigenvalue weighted by Crippen LogP contribution is -2.33. The molecule has 1 aliphatic rings. The van der Waals surface area contributed by atoms with Gasteiger partial charge in [-0.2, -0.15) is 0 Å². The largest absolute Gasteiger partial charge is 0.356 e. The Balaban J connectivity index is 2.19. The van der Waals surface area contributed by atoms with E-state index in [1.165, 1.54) is 0 Å². The molecule has 0 amide bonds. The van der Waals surface area contributed by atoms with Gasteiger partial charge in [0.1, 0.15) is 11.6 Å². The smallest absolute Gasteiger partial charge is 0.252 e. The maximum atomic E-state index is 11.6. The summed E-state index contributed by atoms with van der Waals surface area (Å²) in [6.45, 7) is 7.19. The van der Waals surface area contributed by atoms with Crippen LogP contribution in [0.1, 0.15) is 26.1 Å². The fraction of sp³-hybridized carbons (Fsp3) is 0.692. The molecule has 1 aromatic heterocycles. The normalized spacial score (nSPS) is 23.6. The molecule has 0 spiro atoms. The minimum atomic E-state index is -0.0564. The summed E-state index contributed by atoms with van der Waals surface area (Å²) in [6.07, 6.45) is 1.88. The lowest BCUT2D eigenvalue weighted by Gasteiger charge is -2.24. The average molecular weight is 250 g/mol. The van der Waals surface area contributed by atoms with Gasteiger partial charge in [0.2, 0.25) is 0 Å². The Labute approximate surface area is 108 Å². The number of hydrogen-bond donors (Lipinski definition) is 2. The van der Waals surface area contributed by atoms with Gasteiger partial charge >= 0.3 is 0 Å². The molecule has 0 radical (unpaired) electrons. The van der Waals surface area contributed by atoms with Crippen LogP contribution in [-0.2, 0) is 6.42 Å². The number of aromatic amines is 1. The molecule has 1 aromatic rings. The first kappa shape index (κ1) is 13.1. The number of anilines is 1. The lowest BCUT2D eigenvalue weighted by atomic mass is 9.90. The van der Waals surface area contributed by atoms with E-state index < -0.39 is 0 Å². The van der Waals surface area contributed by atoms with Crippen molar-refractivity contribution < 1.29 is 0 Å². The fourth-order valence-electron chi connectivity index (χ4n) is 2.61. The highest BCUT2D eigenvalue weighted by Crippen LogP contribution is 2.31. The molecule has 0 saturated carbocycles. The molecule has 100 valence electrons. The summed E-state index contributed by atoms with van der Waals surface area (Å²) in [6, 6.07) is 1.60. The fourth-order valence-corrected chi connectivity index (χ4v) is 2.61. The molecule has 0 aliphatic carbocycles. The van der Waals surface area contributed by atoms with E-state index in [0.717, 1.165) is 44.1 Å². The van der Waals surface area contributed by atoms with E-state index in [9.17, 15) is 4.79 Å². The van der Waals surface area contributed by atoms with E-state index >= 15 is 0 Å². The quantitative estimate of drug-likeness (QED) is 0.828. The lowest BCUT2D eigenvalue weighted by molar-refractivity contribution is 0.355. The molecule has 5 heteroatoms. The van der Waals surface area contributed by atoms with Gasteiger partial charge in [0.15, 0.2) is 0 Å².